The third kappa shape index (κ3) is 1.56. The van der Waals surface area contributed by atoms with Crippen molar-refractivity contribution in [1.29, 1.82) is 0 Å². The van der Waals surface area contributed by atoms with Crippen LogP contribution >= 0.6 is 0 Å². The van der Waals surface area contributed by atoms with Gasteiger partial charge in [-0.2, -0.15) is 0 Å². The van der Waals surface area contributed by atoms with Crippen molar-refractivity contribution in [3.8, 4) is 0 Å². The van der Waals surface area contributed by atoms with Crippen LogP contribution in [0.15, 0.2) is 23.1 Å². The molecule has 0 aliphatic rings. The molecule has 15 heavy (non-hydrogen) atoms. The zero-order chi connectivity index (χ0) is 10.8. The summed E-state index contributed by atoms with van der Waals surface area (Å²) in [7, 11) is 0. The van der Waals surface area contributed by atoms with Gasteiger partial charge in [0.2, 0.25) is 0 Å². The lowest BCUT2D eigenvalue weighted by atomic mass is 10.2. The molecule has 0 saturated heterocycles. The Balaban J connectivity index is 2.68. The average molecular weight is 205 g/mol. The van der Waals surface area contributed by atoms with Gasteiger partial charge in [-0.1, -0.05) is 13.8 Å². The minimum atomic E-state index is -0.0580. The van der Waals surface area contributed by atoms with E-state index in [0.29, 0.717) is 0 Å². The van der Waals surface area contributed by atoms with E-state index in [0.717, 1.165) is 24.0 Å². The van der Waals surface area contributed by atoms with Crippen molar-refractivity contribution in [3.63, 3.8) is 0 Å². The van der Waals surface area contributed by atoms with Gasteiger partial charge in [0, 0.05) is 12.2 Å². The van der Waals surface area contributed by atoms with Gasteiger partial charge in [0.1, 0.15) is 0 Å². The second-order valence-electron chi connectivity index (χ2n) is 3.65. The number of nitrogens with one attached hydrogen (secondary N) is 1. The van der Waals surface area contributed by atoms with E-state index in [9.17, 15) is 4.79 Å². The summed E-state index contributed by atoms with van der Waals surface area (Å²) in [6.45, 7) is 4.17. The molecule has 1 N–H and O–H groups in total. The number of fused-ring (bicyclic) bond motifs is 1. The quantitative estimate of drug-likeness (QED) is 0.834. The number of rotatable bonds is 3. The summed E-state index contributed by atoms with van der Waals surface area (Å²) in [5.74, 6) is 0. The van der Waals surface area contributed by atoms with E-state index in [4.69, 9.17) is 0 Å². The van der Waals surface area contributed by atoms with Gasteiger partial charge in [0.15, 0.2) is 5.65 Å². The number of hydrogen-bond acceptors (Lipinski definition) is 2. The molecule has 0 saturated carbocycles. The zero-order valence-corrected chi connectivity index (χ0v) is 9.03. The van der Waals surface area contributed by atoms with Crippen LogP contribution < -0.4 is 5.69 Å². The Kier molecular flexibility index (Phi) is 2.58. The maximum Gasteiger partial charge on any atom is 0.327 e. The maximum atomic E-state index is 11.8. The van der Waals surface area contributed by atoms with Gasteiger partial charge >= 0.3 is 5.69 Å². The summed E-state index contributed by atoms with van der Waals surface area (Å²) in [6.07, 6.45) is 3.61. The molecule has 0 aromatic carbocycles. The second kappa shape index (κ2) is 3.88. The molecule has 2 heterocycles. The van der Waals surface area contributed by atoms with E-state index >= 15 is 0 Å². The monoisotopic (exact) mass is 205 g/mol. The first-order valence-electron chi connectivity index (χ1n) is 5.33. The van der Waals surface area contributed by atoms with Gasteiger partial charge < -0.3 is 4.98 Å². The van der Waals surface area contributed by atoms with E-state index in [-0.39, 0.29) is 11.7 Å². The molecule has 0 amide bonds. The highest BCUT2D eigenvalue weighted by atomic mass is 16.1. The van der Waals surface area contributed by atoms with Gasteiger partial charge in [0.25, 0.3) is 0 Å². The van der Waals surface area contributed by atoms with Crippen molar-refractivity contribution in [1.82, 2.24) is 14.5 Å². The largest absolute Gasteiger partial charge is 0.327 e. The molecule has 0 bridgehead atoms. The minimum Gasteiger partial charge on any atom is -0.304 e. The first-order valence-corrected chi connectivity index (χ1v) is 5.33. The highest BCUT2D eigenvalue weighted by Crippen LogP contribution is 2.17. The van der Waals surface area contributed by atoms with Crippen molar-refractivity contribution >= 4 is 11.2 Å². The zero-order valence-electron chi connectivity index (χ0n) is 9.03. The topological polar surface area (TPSA) is 50.7 Å². The number of aromatic amines is 1. The van der Waals surface area contributed by atoms with Crippen LogP contribution in [0.2, 0.25) is 0 Å². The lowest BCUT2D eigenvalue weighted by Crippen LogP contribution is -2.21. The fourth-order valence-corrected chi connectivity index (χ4v) is 1.95. The predicted molar refractivity (Wildman–Crippen MR) is 60.0 cm³/mol. The Morgan fingerprint density at radius 3 is 2.87 bits per heavy atom. The van der Waals surface area contributed by atoms with Crippen molar-refractivity contribution < 1.29 is 0 Å². The van der Waals surface area contributed by atoms with E-state index < -0.39 is 0 Å². The summed E-state index contributed by atoms with van der Waals surface area (Å²) in [5.41, 5.74) is 1.52. The second-order valence-corrected chi connectivity index (χ2v) is 3.65. The number of pyridine rings is 1. The fourth-order valence-electron chi connectivity index (χ4n) is 1.95. The summed E-state index contributed by atoms with van der Waals surface area (Å²) in [4.78, 5) is 18.8. The first-order chi connectivity index (χ1) is 7.27. The lowest BCUT2D eigenvalue weighted by molar-refractivity contribution is 0.469. The van der Waals surface area contributed by atoms with Gasteiger partial charge in [-0.25, -0.2) is 9.78 Å². The Bertz CT molecular complexity index is 508. The van der Waals surface area contributed by atoms with Crippen LogP contribution in [0.1, 0.15) is 32.7 Å². The van der Waals surface area contributed by atoms with Gasteiger partial charge in [-0.15, -0.1) is 0 Å². The van der Waals surface area contributed by atoms with Crippen molar-refractivity contribution in [3.05, 3.63) is 28.8 Å². The van der Waals surface area contributed by atoms with Crippen molar-refractivity contribution in [2.75, 3.05) is 0 Å². The van der Waals surface area contributed by atoms with Gasteiger partial charge in [-0.3, -0.25) is 4.57 Å². The van der Waals surface area contributed by atoms with Crippen LogP contribution in [-0.2, 0) is 0 Å². The van der Waals surface area contributed by atoms with Crippen molar-refractivity contribution in [2.45, 2.75) is 32.7 Å². The molecule has 80 valence electrons. The fraction of sp³-hybridized carbons (Fsp3) is 0.455. The van der Waals surface area contributed by atoms with Crippen LogP contribution in [-0.4, -0.2) is 14.5 Å². The smallest absolute Gasteiger partial charge is 0.304 e. The average Bonchev–Trinajstić information content (AvgIpc) is 2.58. The summed E-state index contributed by atoms with van der Waals surface area (Å²) < 4.78 is 1.76. The molecular weight excluding hydrogens is 190 g/mol. The highest BCUT2D eigenvalue weighted by molar-refractivity contribution is 5.70. The molecule has 2 aromatic heterocycles. The molecule has 0 atom stereocenters. The van der Waals surface area contributed by atoms with E-state index in [1.165, 1.54) is 0 Å². The Morgan fingerprint density at radius 2 is 2.20 bits per heavy atom. The van der Waals surface area contributed by atoms with Crippen LogP contribution in [0.4, 0.5) is 0 Å². The number of aromatic nitrogens is 3. The standard InChI is InChI=1S/C11H15N3O/c1-3-8(4-2)14-10-9(13-11(14)15)6-5-7-12-10/h5-8H,3-4H2,1-2H3,(H,13,15). The molecule has 0 aliphatic heterocycles. The van der Waals surface area contributed by atoms with E-state index in [1.54, 1.807) is 10.8 Å². The van der Waals surface area contributed by atoms with Crippen LogP contribution in [0.5, 0.6) is 0 Å². The number of imidazole rings is 1. The lowest BCUT2D eigenvalue weighted by Gasteiger charge is -2.13. The van der Waals surface area contributed by atoms with Gasteiger partial charge in [0.05, 0.1) is 5.52 Å². The first kappa shape index (κ1) is 9.96. The molecule has 0 unspecified atom stereocenters. The molecule has 4 nitrogen and oxygen atoms in total. The summed E-state index contributed by atoms with van der Waals surface area (Å²) in [5, 5.41) is 0. The van der Waals surface area contributed by atoms with Crippen LogP contribution in [0.25, 0.3) is 11.2 Å². The predicted octanol–water partition coefficient (Wildman–Crippen LogP) is 2.09. The number of nitrogens with zero attached hydrogens (tertiary/aromatic N) is 2. The van der Waals surface area contributed by atoms with Gasteiger partial charge in [-0.05, 0) is 25.0 Å². The third-order valence-corrected chi connectivity index (χ3v) is 2.78. The Hall–Kier alpha value is -1.58. The maximum absolute atomic E-state index is 11.8. The summed E-state index contributed by atoms with van der Waals surface area (Å²) in [6, 6.07) is 3.94. The van der Waals surface area contributed by atoms with E-state index in [2.05, 4.69) is 23.8 Å². The SMILES string of the molecule is CCC(CC)n1c(=O)[nH]c2cccnc21. The molecule has 2 aromatic rings. The normalized spacial score (nSPS) is 11.4. The molecule has 0 fully saturated rings. The third-order valence-electron chi connectivity index (χ3n) is 2.78. The molecular formula is C11H15N3O. The molecule has 4 heteroatoms. The van der Waals surface area contributed by atoms with Crippen molar-refractivity contribution in [2.24, 2.45) is 0 Å². The minimum absolute atomic E-state index is 0.0580. The van der Waals surface area contributed by atoms with Crippen LogP contribution in [0.3, 0.4) is 0 Å². The molecule has 2 rings (SSSR count). The number of H-pyrrole nitrogens is 1. The molecule has 0 aliphatic carbocycles. The number of hydrogen-bond donors (Lipinski definition) is 1. The molecule has 0 spiro atoms. The highest BCUT2D eigenvalue weighted by Gasteiger charge is 2.14. The molecule has 0 radical (unpaired) electrons. The Morgan fingerprint density at radius 1 is 1.47 bits per heavy atom. The van der Waals surface area contributed by atoms with E-state index in [1.807, 2.05) is 12.1 Å². The Labute approximate surface area is 88.0 Å². The van der Waals surface area contributed by atoms with Crippen LogP contribution in [0, 0.1) is 0 Å². The summed E-state index contributed by atoms with van der Waals surface area (Å²) >= 11 is 0.